The van der Waals surface area contributed by atoms with E-state index >= 15 is 0 Å². The number of hydrogen-bond donors (Lipinski definition) is 0. The Balaban J connectivity index is 1.99. The van der Waals surface area contributed by atoms with Gasteiger partial charge in [-0.25, -0.2) is 4.79 Å². The van der Waals surface area contributed by atoms with Crippen molar-refractivity contribution in [3.8, 4) is 0 Å². The van der Waals surface area contributed by atoms with Crippen molar-refractivity contribution in [1.29, 1.82) is 0 Å². The minimum absolute atomic E-state index is 0.0205. The third kappa shape index (κ3) is 2.20. The summed E-state index contributed by atoms with van der Waals surface area (Å²) >= 11 is 0. The molecule has 1 aliphatic heterocycles. The molecule has 2 aromatic carbocycles. The average Bonchev–Trinajstić information content (AvgIpc) is 2.93. The summed E-state index contributed by atoms with van der Waals surface area (Å²) in [5.74, 6) is -0.104. The van der Waals surface area contributed by atoms with E-state index in [2.05, 4.69) is 6.07 Å². The molecule has 1 aliphatic carbocycles. The molecule has 0 bridgehead atoms. The maximum atomic E-state index is 12.3. The molecule has 0 spiro atoms. The summed E-state index contributed by atoms with van der Waals surface area (Å²) in [6.45, 7) is 2.00. The first kappa shape index (κ1) is 13.9. The fourth-order valence-electron chi connectivity index (χ4n) is 3.53. The molecule has 0 aromatic heterocycles. The van der Waals surface area contributed by atoms with Crippen LogP contribution in [0.25, 0.3) is 5.57 Å². The molecule has 0 amide bonds. The Bertz CT molecular complexity index is 861. The first-order valence-corrected chi connectivity index (χ1v) is 7.76. The number of Topliss-reactive ketones (excluding diaryl/α,β-unsaturated/α-hetero) is 1. The van der Waals surface area contributed by atoms with Crippen LogP contribution in [-0.2, 0) is 16.0 Å². The summed E-state index contributed by atoms with van der Waals surface area (Å²) in [7, 11) is 0. The summed E-state index contributed by atoms with van der Waals surface area (Å²) in [5, 5.41) is 0. The van der Waals surface area contributed by atoms with Gasteiger partial charge in [0.2, 0.25) is 0 Å². The summed E-state index contributed by atoms with van der Waals surface area (Å²) in [4.78, 5) is 24.0. The summed E-state index contributed by atoms with van der Waals surface area (Å²) in [5.41, 5.74) is 5.53. The number of carbonyl (C=O) groups is 2. The van der Waals surface area contributed by atoms with Gasteiger partial charge in [-0.15, -0.1) is 0 Å². The minimum Gasteiger partial charge on any atom is -0.462 e. The van der Waals surface area contributed by atoms with E-state index in [-0.39, 0.29) is 17.7 Å². The van der Waals surface area contributed by atoms with E-state index < -0.39 is 0 Å². The SMILES string of the molecule is CC(=O)c1cccc(C2=C3C(=O)OCC3Cc3ccccc32)c1. The standard InChI is InChI=1S/C20H16O3/c1-12(21)13-6-4-7-15(9-13)18-17-8-3-2-5-14(17)10-16-11-23-20(22)19(16)18/h2-9,16H,10-11H2,1H3. The van der Waals surface area contributed by atoms with Crippen molar-refractivity contribution in [2.45, 2.75) is 13.3 Å². The van der Waals surface area contributed by atoms with Crippen LogP contribution in [-0.4, -0.2) is 18.4 Å². The molecular formula is C20H16O3. The van der Waals surface area contributed by atoms with E-state index in [0.29, 0.717) is 12.2 Å². The number of esters is 1. The number of cyclic esters (lactones) is 1. The van der Waals surface area contributed by atoms with Crippen LogP contribution in [0.3, 0.4) is 0 Å². The highest BCUT2D eigenvalue weighted by Gasteiger charge is 2.38. The van der Waals surface area contributed by atoms with Crippen LogP contribution in [0.5, 0.6) is 0 Å². The van der Waals surface area contributed by atoms with Gasteiger partial charge in [0.25, 0.3) is 0 Å². The monoisotopic (exact) mass is 304 g/mol. The molecular weight excluding hydrogens is 288 g/mol. The largest absolute Gasteiger partial charge is 0.462 e. The van der Waals surface area contributed by atoms with Gasteiger partial charge in [-0.3, -0.25) is 4.79 Å². The Labute approximate surface area is 134 Å². The lowest BCUT2D eigenvalue weighted by Gasteiger charge is -2.24. The number of ether oxygens (including phenoxy) is 1. The van der Waals surface area contributed by atoms with Crippen molar-refractivity contribution in [1.82, 2.24) is 0 Å². The van der Waals surface area contributed by atoms with Crippen molar-refractivity contribution < 1.29 is 14.3 Å². The van der Waals surface area contributed by atoms with E-state index in [0.717, 1.165) is 28.7 Å². The molecule has 3 nitrogen and oxygen atoms in total. The molecule has 1 unspecified atom stereocenters. The minimum atomic E-state index is -0.229. The van der Waals surface area contributed by atoms with Crippen LogP contribution in [0.2, 0.25) is 0 Å². The van der Waals surface area contributed by atoms with Gasteiger partial charge in [-0.2, -0.15) is 0 Å². The fourth-order valence-corrected chi connectivity index (χ4v) is 3.53. The highest BCUT2D eigenvalue weighted by molar-refractivity contribution is 6.05. The van der Waals surface area contributed by atoms with Gasteiger partial charge in [0.05, 0.1) is 12.2 Å². The number of ketones is 1. The Morgan fingerprint density at radius 3 is 2.78 bits per heavy atom. The maximum absolute atomic E-state index is 12.3. The molecule has 2 aromatic rings. The zero-order valence-electron chi connectivity index (χ0n) is 12.8. The first-order chi connectivity index (χ1) is 11.1. The van der Waals surface area contributed by atoms with Gasteiger partial charge in [-0.1, -0.05) is 42.5 Å². The molecule has 1 atom stereocenters. The van der Waals surface area contributed by atoms with Gasteiger partial charge >= 0.3 is 5.97 Å². The Hall–Kier alpha value is -2.68. The highest BCUT2D eigenvalue weighted by Crippen LogP contribution is 2.42. The van der Waals surface area contributed by atoms with Crippen LogP contribution in [0.4, 0.5) is 0 Å². The van der Waals surface area contributed by atoms with Crippen molar-refractivity contribution in [3.63, 3.8) is 0 Å². The summed E-state index contributed by atoms with van der Waals surface area (Å²) in [6, 6.07) is 15.6. The van der Waals surface area contributed by atoms with Crippen molar-refractivity contribution in [3.05, 3.63) is 76.4 Å². The fraction of sp³-hybridized carbons (Fsp3) is 0.200. The predicted molar refractivity (Wildman–Crippen MR) is 87.1 cm³/mol. The maximum Gasteiger partial charge on any atom is 0.335 e. The zero-order chi connectivity index (χ0) is 16.0. The molecule has 0 radical (unpaired) electrons. The molecule has 3 heteroatoms. The molecule has 114 valence electrons. The Morgan fingerprint density at radius 1 is 1.13 bits per heavy atom. The van der Waals surface area contributed by atoms with E-state index in [1.165, 1.54) is 5.56 Å². The molecule has 4 rings (SSSR count). The number of benzene rings is 2. The smallest absolute Gasteiger partial charge is 0.335 e. The van der Waals surface area contributed by atoms with Gasteiger partial charge in [0.1, 0.15) is 0 Å². The van der Waals surface area contributed by atoms with Gasteiger partial charge in [0, 0.05) is 17.1 Å². The topological polar surface area (TPSA) is 43.4 Å². The lowest BCUT2D eigenvalue weighted by Crippen LogP contribution is -2.17. The molecule has 0 N–H and O–H groups in total. The number of rotatable bonds is 2. The van der Waals surface area contributed by atoms with Crippen molar-refractivity contribution in [2.75, 3.05) is 6.61 Å². The third-order valence-corrected chi connectivity index (χ3v) is 4.62. The van der Waals surface area contributed by atoms with E-state index in [4.69, 9.17) is 4.74 Å². The van der Waals surface area contributed by atoms with Crippen LogP contribution in [0.1, 0.15) is 34.0 Å². The van der Waals surface area contributed by atoms with E-state index in [1.54, 1.807) is 13.0 Å². The average molecular weight is 304 g/mol. The van der Waals surface area contributed by atoms with E-state index in [1.807, 2.05) is 36.4 Å². The van der Waals surface area contributed by atoms with Gasteiger partial charge in [0.15, 0.2) is 5.78 Å². The lowest BCUT2D eigenvalue weighted by molar-refractivity contribution is -0.135. The molecule has 1 heterocycles. The molecule has 1 fully saturated rings. The molecule has 0 saturated carbocycles. The van der Waals surface area contributed by atoms with Crippen LogP contribution in [0.15, 0.2) is 54.1 Å². The summed E-state index contributed by atoms with van der Waals surface area (Å²) in [6.07, 6.45) is 0.827. The second-order valence-electron chi connectivity index (χ2n) is 6.08. The number of hydrogen-bond acceptors (Lipinski definition) is 3. The quantitative estimate of drug-likeness (QED) is 0.631. The van der Waals surface area contributed by atoms with Crippen molar-refractivity contribution >= 4 is 17.3 Å². The lowest BCUT2D eigenvalue weighted by atomic mass is 9.77. The van der Waals surface area contributed by atoms with Gasteiger partial charge < -0.3 is 4.74 Å². The summed E-state index contributed by atoms with van der Waals surface area (Å²) < 4.78 is 5.30. The molecule has 2 aliphatic rings. The second kappa shape index (κ2) is 5.20. The Kier molecular flexibility index (Phi) is 3.15. The number of carbonyl (C=O) groups excluding carboxylic acids is 2. The van der Waals surface area contributed by atoms with Gasteiger partial charge in [-0.05, 0) is 36.1 Å². The molecule has 1 saturated heterocycles. The Morgan fingerprint density at radius 2 is 1.96 bits per heavy atom. The molecule has 23 heavy (non-hydrogen) atoms. The highest BCUT2D eigenvalue weighted by atomic mass is 16.5. The normalized spacial score (nSPS) is 19.2. The predicted octanol–water partition coefficient (Wildman–Crippen LogP) is 3.42. The zero-order valence-corrected chi connectivity index (χ0v) is 12.8. The van der Waals surface area contributed by atoms with Crippen LogP contribution >= 0.6 is 0 Å². The van der Waals surface area contributed by atoms with Crippen LogP contribution < -0.4 is 0 Å². The third-order valence-electron chi connectivity index (χ3n) is 4.62. The van der Waals surface area contributed by atoms with Crippen molar-refractivity contribution in [2.24, 2.45) is 5.92 Å². The first-order valence-electron chi connectivity index (χ1n) is 7.76. The van der Waals surface area contributed by atoms with Crippen LogP contribution in [0, 0.1) is 5.92 Å². The second-order valence-corrected chi connectivity index (χ2v) is 6.08. The van der Waals surface area contributed by atoms with E-state index in [9.17, 15) is 9.59 Å². The number of fused-ring (bicyclic) bond motifs is 2.